The van der Waals surface area contributed by atoms with Crippen molar-refractivity contribution in [2.24, 2.45) is 0 Å². The fourth-order valence-electron chi connectivity index (χ4n) is 4.46. The standard InChI is InChI=1S/C25H21ClN2O/c1-16-23(21-8-4-5-9-22(21)27-16)24-19-6-2-3-7-20(19)25(29)28(24)15-14-17-10-12-18(26)13-11-17/h2-13,24,27H,14-15H2,1H3. The van der Waals surface area contributed by atoms with Gasteiger partial charge in [0.25, 0.3) is 5.91 Å². The molecule has 4 heteroatoms. The minimum atomic E-state index is -0.0813. The summed E-state index contributed by atoms with van der Waals surface area (Å²) in [6, 6.07) is 24.1. The van der Waals surface area contributed by atoms with Gasteiger partial charge in [-0.3, -0.25) is 4.79 Å². The van der Waals surface area contributed by atoms with E-state index in [0.717, 1.165) is 33.8 Å². The molecular formula is C25H21ClN2O. The number of nitrogens with zero attached hydrogens (tertiary/aromatic N) is 1. The third-order valence-corrected chi connectivity index (χ3v) is 6.08. The lowest BCUT2D eigenvalue weighted by atomic mass is 9.95. The monoisotopic (exact) mass is 400 g/mol. The zero-order valence-electron chi connectivity index (χ0n) is 16.2. The highest BCUT2D eigenvalue weighted by molar-refractivity contribution is 6.30. The number of fused-ring (bicyclic) bond motifs is 2. The van der Waals surface area contributed by atoms with Crippen LogP contribution in [0.3, 0.4) is 0 Å². The number of benzene rings is 3. The smallest absolute Gasteiger partial charge is 0.255 e. The number of rotatable bonds is 4. The number of para-hydroxylation sites is 1. The summed E-state index contributed by atoms with van der Waals surface area (Å²) in [5.74, 6) is 0.101. The van der Waals surface area contributed by atoms with Crippen molar-refractivity contribution in [3.05, 3.63) is 106 Å². The lowest BCUT2D eigenvalue weighted by Crippen LogP contribution is -2.31. The predicted octanol–water partition coefficient (Wildman–Crippen LogP) is 5.92. The molecule has 0 bridgehead atoms. The van der Waals surface area contributed by atoms with Crippen LogP contribution in [0.5, 0.6) is 0 Å². The molecule has 3 nitrogen and oxygen atoms in total. The highest BCUT2D eigenvalue weighted by atomic mass is 35.5. The third-order valence-electron chi connectivity index (χ3n) is 5.83. The maximum Gasteiger partial charge on any atom is 0.255 e. The summed E-state index contributed by atoms with van der Waals surface area (Å²) in [5, 5.41) is 1.90. The van der Waals surface area contributed by atoms with Crippen molar-refractivity contribution in [3.63, 3.8) is 0 Å². The SMILES string of the molecule is Cc1[nH]c2ccccc2c1C1c2ccccc2C(=O)N1CCc1ccc(Cl)cc1. The van der Waals surface area contributed by atoms with Gasteiger partial charge in [-0.05, 0) is 48.7 Å². The van der Waals surface area contributed by atoms with Gasteiger partial charge in [0.2, 0.25) is 0 Å². The molecule has 0 saturated heterocycles. The average molecular weight is 401 g/mol. The highest BCUT2D eigenvalue weighted by Crippen LogP contribution is 2.42. The average Bonchev–Trinajstić information content (AvgIpc) is 3.21. The second-order valence-corrected chi connectivity index (χ2v) is 8.01. The molecule has 144 valence electrons. The highest BCUT2D eigenvalue weighted by Gasteiger charge is 2.39. The molecule has 4 aromatic rings. The second kappa shape index (κ2) is 7.09. The molecule has 1 unspecified atom stereocenters. The number of hydrogen-bond acceptors (Lipinski definition) is 1. The summed E-state index contributed by atoms with van der Waals surface area (Å²) >= 11 is 6.02. The minimum Gasteiger partial charge on any atom is -0.358 e. The zero-order chi connectivity index (χ0) is 20.0. The molecule has 29 heavy (non-hydrogen) atoms. The van der Waals surface area contributed by atoms with Gasteiger partial charge in [-0.25, -0.2) is 0 Å². The summed E-state index contributed by atoms with van der Waals surface area (Å²) in [6.45, 7) is 2.75. The number of carbonyl (C=O) groups is 1. The zero-order valence-corrected chi connectivity index (χ0v) is 16.9. The summed E-state index contributed by atoms with van der Waals surface area (Å²) in [7, 11) is 0. The van der Waals surface area contributed by atoms with Gasteiger partial charge < -0.3 is 9.88 Å². The van der Waals surface area contributed by atoms with Crippen LogP contribution < -0.4 is 0 Å². The van der Waals surface area contributed by atoms with Crippen LogP contribution in [0.2, 0.25) is 5.02 Å². The van der Waals surface area contributed by atoms with E-state index in [-0.39, 0.29) is 11.9 Å². The van der Waals surface area contributed by atoms with E-state index >= 15 is 0 Å². The molecule has 0 aliphatic carbocycles. The Hall–Kier alpha value is -3.04. The normalized spacial score (nSPS) is 15.9. The van der Waals surface area contributed by atoms with E-state index in [1.165, 1.54) is 16.5 Å². The van der Waals surface area contributed by atoms with Crippen LogP contribution in [0, 0.1) is 6.92 Å². The molecule has 1 aliphatic rings. The third kappa shape index (κ3) is 3.02. The van der Waals surface area contributed by atoms with Crippen LogP contribution in [-0.2, 0) is 6.42 Å². The molecule has 0 saturated carbocycles. The maximum atomic E-state index is 13.3. The number of H-pyrrole nitrogens is 1. The van der Waals surface area contributed by atoms with Crippen LogP contribution >= 0.6 is 11.6 Å². The molecule has 0 fully saturated rings. The summed E-state index contributed by atoms with van der Waals surface area (Å²) in [5.41, 5.74) is 6.47. The fourth-order valence-corrected chi connectivity index (χ4v) is 4.59. The van der Waals surface area contributed by atoms with E-state index in [0.29, 0.717) is 6.54 Å². The largest absolute Gasteiger partial charge is 0.358 e. The van der Waals surface area contributed by atoms with Crippen molar-refractivity contribution in [2.45, 2.75) is 19.4 Å². The van der Waals surface area contributed by atoms with Gasteiger partial charge in [-0.1, -0.05) is 60.1 Å². The van der Waals surface area contributed by atoms with Crippen molar-refractivity contribution >= 4 is 28.4 Å². The summed E-state index contributed by atoms with van der Waals surface area (Å²) in [6.07, 6.45) is 0.787. The van der Waals surface area contributed by atoms with Gasteiger partial charge in [0.15, 0.2) is 0 Å². The lowest BCUT2D eigenvalue weighted by Gasteiger charge is -2.26. The van der Waals surface area contributed by atoms with Gasteiger partial charge in [0, 0.05) is 39.3 Å². The fraction of sp³-hybridized carbons (Fsp3) is 0.160. The molecule has 0 spiro atoms. The molecule has 1 atom stereocenters. The Kier molecular flexibility index (Phi) is 4.40. The molecule has 0 radical (unpaired) electrons. The van der Waals surface area contributed by atoms with Crippen molar-refractivity contribution < 1.29 is 4.79 Å². The summed E-state index contributed by atoms with van der Waals surface area (Å²) < 4.78 is 0. The first-order chi connectivity index (χ1) is 14.1. The lowest BCUT2D eigenvalue weighted by molar-refractivity contribution is 0.0752. The molecule has 3 aromatic carbocycles. The minimum absolute atomic E-state index is 0.0813. The molecular weight excluding hydrogens is 380 g/mol. The van der Waals surface area contributed by atoms with E-state index in [2.05, 4.69) is 36.2 Å². The summed E-state index contributed by atoms with van der Waals surface area (Å²) in [4.78, 5) is 18.8. The molecule has 1 N–H and O–H groups in total. The topological polar surface area (TPSA) is 36.1 Å². The maximum absolute atomic E-state index is 13.3. The van der Waals surface area contributed by atoms with Crippen molar-refractivity contribution in [3.8, 4) is 0 Å². The number of carbonyl (C=O) groups excluding carboxylic acids is 1. The van der Waals surface area contributed by atoms with Gasteiger partial charge in [0.1, 0.15) is 0 Å². The van der Waals surface area contributed by atoms with Crippen LogP contribution in [0.4, 0.5) is 0 Å². The number of halogens is 1. The van der Waals surface area contributed by atoms with E-state index < -0.39 is 0 Å². The Bertz CT molecular complexity index is 1210. The number of aryl methyl sites for hydroxylation is 1. The first-order valence-electron chi connectivity index (χ1n) is 9.85. The number of aromatic nitrogens is 1. The van der Waals surface area contributed by atoms with Crippen LogP contribution in [0.1, 0.15) is 38.8 Å². The number of amides is 1. The van der Waals surface area contributed by atoms with Crippen molar-refractivity contribution in [1.29, 1.82) is 0 Å². The van der Waals surface area contributed by atoms with Gasteiger partial charge in [-0.2, -0.15) is 0 Å². The molecule has 5 rings (SSSR count). The molecule has 1 aliphatic heterocycles. The van der Waals surface area contributed by atoms with Crippen molar-refractivity contribution in [1.82, 2.24) is 9.88 Å². The number of hydrogen-bond donors (Lipinski definition) is 1. The van der Waals surface area contributed by atoms with Crippen LogP contribution in [-0.4, -0.2) is 22.3 Å². The molecule has 1 aromatic heterocycles. The molecule has 1 amide bonds. The van der Waals surface area contributed by atoms with Gasteiger partial charge in [0.05, 0.1) is 6.04 Å². The Morgan fingerprint density at radius 1 is 0.966 bits per heavy atom. The van der Waals surface area contributed by atoms with Crippen molar-refractivity contribution in [2.75, 3.05) is 6.54 Å². The van der Waals surface area contributed by atoms with Crippen LogP contribution in [0.25, 0.3) is 10.9 Å². The number of aromatic amines is 1. The molecule has 2 heterocycles. The van der Waals surface area contributed by atoms with E-state index in [1.54, 1.807) is 0 Å². The number of nitrogens with one attached hydrogen (secondary N) is 1. The van der Waals surface area contributed by atoms with Gasteiger partial charge in [-0.15, -0.1) is 0 Å². The van der Waals surface area contributed by atoms with E-state index in [1.807, 2.05) is 53.4 Å². The van der Waals surface area contributed by atoms with E-state index in [9.17, 15) is 4.79 Å². The van der Waals surface area contributed by atoms with Crippen LogP contribution in [0.15, 0.2) is 72.8 Å². The van der Waals surface area contributed by atoms with Gasteiger partial charge >= 0.3 is 0 Å². The first kappa shape index (κ1) is 18.0. The predicted molar refractivity (Wildman–Crippen MR) is 118 cm³/mol. The quantitative estimate of drug-likeness (QED) is 0.453. The Labute approximate surface area is 174 Å². The Balaban J connectivity index is 1.58. The Morgan fingerprint density at radius 3 is 2.52 bits per heavy atom. The first-order valence-corrected chi connectivity index (χ1v) is 10.2. The Morgan fingerprint density at radius 2 is 1.69 bits per heavy atom. The van der Waals surface area contributed by atoms with E-state index in [4.69, 9.17) is 11.6 Å². The second-order valence-electron chi connectivity index (χ2n) is 7.57.